The van der Waals surface area contributed by atoms with E-state index in [2.05, 4.69) is 5.10 Å². The van der Waals surface area contributed by atoms with Gasteiger partial charge in [0, 0.05) is 11.8 Å². The van der Waals surface area contributed by atoms with Crippen LogP contribution < -0.4 is 5.73 Å². The van der Waals surface area contributed by atoms with Gasteiger partial charge in [-0.25, -0.2) is 4.68 Å². The first-order chi connectivity index (χ1) is 7.31. The number of nitrogens with two attached hydrogens (primary N) is 1. The molecule has 1 atom stereocenters. The fourth-order valence-electron chi connectivity index (χ4n) is 1.36. The molecule has 1 aromatic heterocycles. The van der Waals surface area contributed by atoms with Crippen molar-refractivity contribution in [2.24, 2.45) is 5.73 Å². The van der Waals surface area contributed by atoms with E-state index in [1.165, 1.54) is 0 Å². The zero-order valence-electron chi connectivity index (χ0n) is 8.24. The van der Waals surface area contributed by atoms with Crippen LogP contribution in [-0.4, -0.2) is 21.5 Å². The Kier molecular flexibility index (Phi) is 2.80. The fourth-order valence-corrected chi connectivity index (χ4v) is 1.36. The van der Waals surface area contributed by atoms with Gasteiger partial charge in [0.25, 0.3) is 0 Å². The zero-order chi connectivity index (χ0) is 10.7. The number of aromatic nitrogens is 2. The first-order valence-electron chi connectivity index (χ1n) is 4.77. The lowest BCUT2D eigenvalue weighted by Gasteiger charge is -2.03. The highest BCUT2D eigenvalue weighted by molar-refractivity contribution is 5.31. The molecule has 0 radical (unpaired) electrons. The lowest BCUT2D eigenvalue weighted by Crippen LogP contribution is -2.13. The second kappa shape index (κ2) is 4.25. The third-order valence-electron chi connectivity index (χ3n) is 2.25. The number of rotatable bonds is 3. The van der Waals surface area contributed by atoms with Crippen molar-refractivity contribution < 1.29 is 5.11 Å². The number of hydrogen-bond acceptors (Lipinski definition) is 3. The van der Waals surface area contributed by atoms with E-state index in [0.29, 0.717) is 0 Å². The number of hydrogen-bond donors (Lipinski definition) is 2. The van der Waals surface area contributed by atoms with Crippen molar-refractivity contribution in [3.63, 3.8) is 0 Å². The lowest BCUT2D eigenvalue weighted by atomic mass is 10.2. The quantitative estimate of drug-likeness (QED) is 0.777. The van der Waals surface area contributed by atoms with Gasteiger partial charge in [-0.2, -0.15) is 5.10 Å². The van der Waals surface area contributed by atoms with E-state index in [-0.39, 0.29) is 12.6 Å². The smallest absolute Gasteiger partial charge is 0.0645 e. The Balaban J connectivity index is 2.28. The maximum atomic E-state index is 8.91. The second-order valence-electron chi connectivity index (χ2n) is 3.34. The summed E-state index contributed by atoms with van der Waals surface area (Å²) >= 11 is 0. The number of aliphatic hydroxyl groups excluding tert-OH is 1. The molecule has 15 heavy (non-hydrogen) atoms. The van der Waals surface area contributed by atoms with E-state index in [1.807, 2.05) is 36.5 Å². The van der Waals surface area contributed by atoms with Gasteiger partial charge in [-0.3, -0.25) is 0 Å². The minimum Gasteiger partial charge on any atom is -0.394 e. The van der Waals surface area contributed by atoms with Crippen molar-refractivity contribution in [1.29, 1.82) is 0 Å². The normalized spacial score (nSPS) is 12.7. The summed E-state index contributed by atoms with van der Waals surface area (Å²) in [6.07, 6.45) is 3.50. The molecular formula is C11H13N3O. The molecule has 4 heteroatoms. The van der Waals surface area contributed by atoms with Gasteiger partial charge in [0.2, 0.25) is 0 Å². The van der Waals surface area contributed by atoms with E-state index in [4.69, 9.17) is 10.8 Å². The Hall–Kier alpha value is -1.65. The molecule has 2 rings (SSSR count). The summed E-state index contributed by atoms with van der Waals surface area (Å²) in [7, 11) is 0. The standard InChI is InChI=1S/C11H13N3O/c12-11(8-15)9-6-13-14(7-9)10-4-2-1-3-5-10/h1-7,11,15H,8,12H2/t11-/m0/s1. The first kappa shape index (κ1) is 9.89. The van der Waals surface area contributed by atoms with Crippen LogP contribution >= 0.6 is 0 Å². The molecule has 0 amide bonds. The fraction of sp³-hybridized carbons (Fsp3) is 0.182. The molecule has 0 saturated heterocycles. The Bertz CT molecular complexity index is 424. The highest BCUT2D eigenvalue weighted by Gasteiger charge is 2.07. The van der Waals surface area contributed by atoms with Crippen molar-refractivity contribution in [2.75, 3.05) is 6.61 Å². The summed E-state index contributed by atoms with van der Waals surface area (Å²) in [5.74, 6) is 0. The summed E-state index contributed by atoms with van der Waals surface area (Å²) < 4.78 is 1.74. The minimum absolute atomic E-state index is 0.0690. The Morgan fingerprint density at radius 2 is 2.07 bits per heavy atom. The molecule has 1 aromatic carbocycles. The Labute approximate surface area is 88.0 Å². The van der Waals surface area contributed by atoms with Crippen LogP contribution in [0.1, 0.15) is 11.6 Å². The van der Waals surface area contributed by atoms with Gasteiger partial charge in [-0.15, -0.1) is 0 Å². The molecule has 0 aliphatic heterocycles. The highest BCUT2D eigenvalue weighted by Crippen LogP contribution is 2.11. The van der Waals surface area contributed by atoms with E-state index in [0.717, 1.165) is 11.3 Å². The molecule has 0 bridgehead atoms. The predicted octanol–water partition coefficient (Wildman–Crippen LogP) is 0.864. The van der Waals surface area contributed by atoms with Crippen LogP contribution in [0.15, 0.2) is 42.7 Å². The SMILES string of the molecule is N[C@@H](CO)c1cnn(-c2ccccc2)c1. The number of benzene rings is 1. The van der Waals surface area contributed by atoms with Gasteiger partial charge >= 0.3 is 0 Å². The van der Waals surface area contributed by atoms with Gasteiger partial charge in [-0.1, -0.05) is 18.2 Å². The topological polar surface area (TPSA) is 64.1 Å². The number of nitrogens with zero attached hydrogens (tertiary/aromatic N) is 2. The van der Waals surface area contributed by atoms with Crippen molar-refractivity contribution in [2.45, 2.75) is 6.04 Å². The van der Waals surface area contributed by atoms with Crippen molar-refractivity contribution in [1.82, 2.24) is 9.78 Å². The molecule has 0 saturated carbocycles. The molecule has 0 aliphatic carbocycles. The van der Waals surface area contributed by atoms with E-state index in [1.54, 1.807) is 10.9 Å². The number of aliphatic hydroxyl groups is 1. The van der Waals surface area contributed by atoms with E-state index < -0.39 is 0 Å². The van der Waals surface area contributed by atoms with Gasteiger partial charge in [-0.05, 0) is 12.1 Å². The van der Waals surface area contributed by atoms with Crippen LogP contribution in [-0.2, 0) is 0 Å². The van der Waals surface area contributed by atoms with Crippen molar-refractivity contribution in [3.8, 4) is 5.69 Å². The summed E-state index contributed by atoms with van der Waals surface area (Å²) in [6, 6.07) is 9.41. The van der Waals surface area contributed by atoms with Gasteiger partial charge in [0.1, 0.15) is 0 Å². The molecule has 2 aromatic rings. The zero-order valence-corrected chi connectivity index (χ0v) is 8.24. The molecule has 0 spiro atoms. The average molecular weight is 203 g/mol. The van der Waals surface area contributed by atoms with Crippen LogP contribution in [0.4, 0.5) is 0 Å². The molecule has 0 fully saturated rings. The van der Waals surface area contributed by atoms with Crippen LogP contribution in [0, 0.1) is 0 Å². The maximum absolute atomic E-state index is 8.91. The first-order valence-corrected chi connectivity index (χ1v) is 4.77. The molecule has 0 unspecified atom stereocenters. The minimum atomic E-state index is -0.359. The van der Waals surface area contributed by atoms with E-state index in [9.17, 15) is 0 Å². The predicted molar refractivity (Wildman–Crippen MR) is 57.6 cm³/mol. The molecule has 0 aliphatic rings. The Morgan fingerprint density at radius 3 is 2.73 bits per heavy atom. The number of para-hydroxylation sites is 1. The lowest BCUT2D eigenvalue weighted by molar-refractivity contribution is 0.268. The summed E-state index contributed by atoms with van der Waals surface area (Å²) in [4.78, 5) is 0. The molecule has 78 valence electrons. The summed E-state index contributed by atoms with van der Waals surface area (Å²) in [6.45, 7) is -0.0690. The third-order valence-corrected chi connectivity index (χ3v) is 2.25. The van der Waals surface area contributed by atoms with Crippen molar-refractivity contribution >= 4 is 0 Å². The van der Waals surface area contributed by atoms with Crippen LogP contribution in [0.2, 0.25) is 0 Å². The molecule has 1 heterocycles. The molecule has 3 N–H and O–H groups in total. The molecule has 4 nitrogen and oxygen atoms in total. The second-order valence-corrected chi connectivity index (χ2v) is 3.34. The Morgan fingerprint density at radius 1 is 1.33 bits per heavy atom. The van der Waals surface area contributed by atoms with Crippen molar-refractivity contribution in [3.05, 3.63) is 48.3 Å². The molecular weight excluding hydrogens is 190 g/mol. The van der Waals surface area contributed by atoms with E-state index >= 15 is 0 Å². The third kappa shape index (κ3) is 2.06. The average Bonchev–Trinajstić information content (AvgIpc) is 2.78. The summed E-state index contributed by atoms with van der Waals surface area (Å²) in [5.41, 5.74) is 7.50. The monoisotopic (exact) mass is 203 g/mol. The van der Waals surface area contributed by atoms with Gasteiger partial charge in [0.15, 0.2) is 0 Å². The van der Waals surface area contributed by atoms with Crippen LogP contribution in [0.5, 0.6) is 0 Å². The van der Waals surface area contributed by atoms with Crippen LogP contribution in [0.25, 0.3) is 5.69 Å². The highest BCUT2D eigenvalue weighted by atomic mass is 16.3. The van der Waals surface area contributed by atoms with Gasteiger partial charge < -0.3 is 10.8 Å². The van der Waals surface area contributed by atoms with Crippen LogP contribution in [0.3, 0.4) is 0 Å². The van der Waals surface area contributed by atoms with Gasteiger partial charge in [0.05, 0.1) is 24.5 Å². The summed E-state index contributed by atoms with van der Waals surface area (Å²) in [5, 5.41) is 13.1. The largest absolute Gasteiger partial charge is 0.394 e. The maximum Gasteiger partial charge on any atom is 0.0645 e.